The molecule has 2 amide bonds. The van der Waals surface area contributed by atoms with Gasteiger partial charge in [-0.2, -0.15) is 0 Å². The van der Waals surface area contributed by atoms with E-state index >= 15 is 0 Å². The number of hydrogen-bond donors (Lipinski definition) is 3. The molecule has 13 nitrogen and oxygen atoms in total. The Morgan fingerprint density at radius 1 is 1.21 bits per heavy atom. The minimum Gasteiger partial charge on any atom is -0.428 e. The first-order valence-electron chi connectivity index (χ1n) is 13.2. The molecule has 1 aliphatic carbocycles. The van der Waals surface area contributed by atoms with Gasteiger partial charge in [0.2, 0.25) is 6.79 Å². The summed E-state index contributed by atoms with van der Waals surface area (Å²) in [5, 5.41) is 16.0. The largest absolute Gasteiger partial charge is 0.428 e. The fourth-order valence-electron chi connectivity index (χ4n) is 4.92. The van der Waals surface area contributed by atoms with Crippen LogP contribution in [0.25, 0.3) is 6.08 Å². The number of aromatic nitrogens is 2. The van der Waals surface area contributed by atoms with Crippen molar-refractivity contribution >= 4 is 63.8 Å². The Kier molecular flexibility index (Phi) is 9.17. The summed E-state index contributed by atoms with van der Waals surface area (Å²) in [7, 11) is 0. The van der Waals surface area contributed by atoms with Crippen molar-refractivity contribution in [3.8, 4) is 0 Å². The summed E-state index contributed by atoms with van der Waals surface area (Å²) in [6, 6.07) is 2.60. The zero-order valence-electron chi connectivity index (χ0n) is 22.3. The van der Waals surface area contributed by atoms with E-state index in [2.05, 4.69) is 20.4 Å². The van der Waals surface area contributed by atoms with Gasteiger partial charge in [0.05, 0.1) is 5.92 Å². The predicted molar refractivity (Wildman–Crippen MR) is 154 cm³/mol. The van der Waals surface area contributed by atoms with Crippen molar-refractivity contribution in [3.63, 3.8) is 0 Å². The van der Waals surface area contributed by atoms with Gasteiger partial charge in [-0.05, 0) is 30.0 Å². The number of thioether (sulfide) groups is 1. The van der Waals surface area contributed by atoms with Gasteiger partial charge in [-0.1, -0.05) is 42.6 Å². The fourth-order valence-corrected chi connectivity index (χ4v) is 6.78. The summed E-state index contributed by atoms with van der Waals surface area (Å²) < 4.78 is 10.5. The van der Waals surface area contributed by atoms with Crippen LogP contribution in [0.1, 0.15) is 43.4 Å². The van der Waals surface area contributed by atoms with Crippen LogP contribution >= 0.6 is 23.1 Å². The molecule has 42 heavy (non-hydrogen) atoms. The standard InChI is InChI=1S/C27H28N6O7S2/c28-27-30-18(13-42-27)19(32-38)22(34)31-20-23(35)33-21(26(37)40-14-39-25(36)16-6-2-1-3-7-16)17(12-41-24(20)33)9-8-15-5-4-10-29-11-15/h4-5,8-11,13,16,20,24,38H,1-3,6-7,12,14H2,(H2,28,30)(H,31,34)/b9-8-,32-19-/t20-,24-/m1/s1. The maximum Gasteiger partial charge on any atom is 0.358 e. The minimum atomic E-state index is -1.01. The highest BCUT2D eigenvalue weighted by Crippen LogP contribution is 2.41. The van der Waals surface area contributed by atoms with Gasteiger partial charge in [-0.3, -0.25) is 24.3 Å². The molecule has 2 atom stereocenters. The Hall–Kier alpha value is -4.24. The lowest BCUT2D eigenvalue weighted by Crippen LogP contribution is -2.71. The van der Waals surface area contributed by atoms with Crippen molar-refractivity contribution in [1.29, 1.82) is 0 Å². The highest BCUT2D eigenvalue weighted by molar-refractivity contribution is 8.00. The fraction of sp³-hybridized carbons (Fsp3) is 0.370. The molecule has 2 fully saturated rings. The molecule has 4 N–H and O–H groups in total. The second-order valence-corrected chi connectivity index (χ2v) is 11.7. The van der Waals surface area contributed by atoms with Gasteiger partial charge < -0.3 is 25.7 Å². The van der Waals surface area contributed by atoms with Crippen LogP contribution in [-0.2, 0) is 28.7 Å². The number of oxime groups is 1. The molecule has 2 aromatic heterocycles. The van der Waals surface area contributed by atoms with Gasteiger partial charge in [0, 0.05) is 23.5 Å². The number of nitrogens with one attached hydrogen (secondary N) is 1. The summed E-state index contributed by atoms with van der Waals surface area (Å²) in [5.41, 5.74) is 6.57. The summed E-state index contributed by atoms with van der Waals surface area (Å²) >= 11 is 2.40. The number of fused-ring (bicyclic) bond motifs is 1. The van der Waals surface area contributed by atoms with Crippen LogP contribution < -0.4 is 11.1 Å². The second kappa shape index (κ2) is 13.2. The third-order valence-electron chi connectivity index (χ3n) is 7.05. The molecule has 0 bridgehead atoms. The maximum absolute atomic E-state index is 13.3. The zero-order chi connectivity index (χ0) is 29.6. The summed E-state index contributed by atoms with van der Waals surface area (Å²) in [4.78, 5) is 61.1. The third kappa shape index (κ3) is 6.31. The van der Waals surface area contributed by atoms with Crippen LogP contribution in [-0.4, -0.2) is 73.5 Å². The van der Waals surface area contributed by atoms with Crippen LogP contribution in [0.2, 0.25) is 0 Å². The number of anilines is 1. The van der Waals surface area contributed by atoms with Crippen LogP contribution in [0.5, 0.6) is 0 Å². The number of esters is 2. The normalized spacial score (nSPS) is 21.1. The summed E-state index contributed by atoms with van der Waals surface area (Å²) in [6.45, 7) is -0.579. The van der Waals surface area contributed by atoms with Crippen LogP contribution in [0.3, 0.4) is 0 Å². The molecule has 4 heterocycles. The maximum atomic E-state index is 13.3. The van der Waals surface area contributed by atoms with E-state index in [4.69, 9.17) is 15.2 Å². The van der Waals surface area contributed by atoms with E-state index in [1.165, 1.54) is 22.0 Å². The van der Waals surface area contributed by atoms with E-state index < -0.39 is 47.7 Å². The molecule has 0 radical (unpaired) electrons. The van der Waals surface area contributed by atoms with Crippen molar-refractivity contribution in [2.75, 3.05) is 18.3 Å². The Morgan fingerprint density at radius 2 is 2.02 bits per heavy atom. The average molecular weight is 613 g/mol. The third-order valence-corrected chi connectivity index (χ3v) is 9.02. The molecular formula is C27H28N6O7S2. The summed E-state index contributed by atoms with van der Waals surface area (Å²) in [6.07, 6.45) is 11.2. The SMILES string of the molecule is Nc1nc(/C(=N/O)C(=O)N[C@@H]2C(=O)N3C(C(=O)OCOC(=O)C4CCCCC4)=C(/C=C\c4cccnc4)CS[C@H]23)cs1. The minimum absolute atomic E-state index is 0.00794. The van der Waals surface area contributed by atoms with Crippen LogP contribution in [0, 0.1) is 5.92 Å². The van der Waals surface area contributed by atoms with E-state index in [0.29, 0.717) is 11.3 Å². The number of nitrogen functional groups attached to an aromatic ring is 1. The van der Waals surface area contributed by atoms with Gasteiger partial charge in [-0.15, -0.1) is 23.1 Å². The number of rotatable bonds is 9. The predicted octanol–water partition coefficient (Wildman–Crippen LogP) is 2.29. The van der Waals surface area contributed by atoms with E-state index in [1.54, 1.807) is 30.6 Å². The molecule has 2 aromatic rings. The number of nitrogens with two attached hydrogens (primary N) is 1. The van der Waals surface area contributed by atoms with E-state index in [1.807, 2.05) is 6.07 Å². The van der Waals surface area contributed by atoms with Crippen LogP contribution in [0.4, 0.5) is 5.13 Å². The Balaban J connectivity index is 1.31. The number of carbonyl (C=O) groups excluding carboxylic acids is 4. The Morgan fingerprint density at radius 3 is 2.71 bits per heavy atom. The van der Waals surface area contributed by atoms with Crippen molar-refractivity contribution in [2.45, 2.75) is 43.5 Å². The van der Waals surface area contributed by atoms with Crippen LogP contribution in [0.15, 0.2) is 52.4 Å². The first-order chi connectivity index (χ1) is 20.4. The summed E-state index contributed by atoms with van der Waals surface area (Å²) in [5.74, 6) is -2.53. The van der Waals surface area contributed by atoms with Crippen molar-refractivity contribution < 1.29 is 33.9 Å². The molecule has 0 spiro atoms. The number of carbonyl (C=O) groups is 4. The van der Waals surface area contributed by atoms with E-state index in [0.717, 1.165) is 49.0 Å². The van der Waals surface area contributed by atoms with Gasteiger partial charge in [0.1, 0.15) is 22.8 Å². The van der Waals surface area contributed by atoms with E-state index in [9.17, 15) is 24.4 Å². The molecule has 0 unspecified atom stereocenters. The first-order valence-corrected chi connectivity index (χ1v) is 15.1. The quantitative estimate of drug-likeness (QED) is 0.0942. The Labute approximate surface area is 248 Å². The molecule has 1 saturated heterocycles. The number of thiazole rings is 1. The number of amides is 2. The lowest BCUT2D eigenvalue weighted by Gasteiger charge is -2.49. The zero-order valence-corrected chi connectivity index (χ0v) is 23.9. The molecule has 1 saturated carbocycles. The highest BCUT2D eigenvalue weighted by Gasteiger charge is 2.54. The van der Waals surface area contributed by atoms with Gasteiger partial charge in [-0.25, -0.2) is 9.78 Å². The molecule has 5 rings (SSSR count). The molecule has 220 valence electrons. The first kappa shape index (κ1) is 29.3. The number of allylic oxidation sites excluding steroid dienone is 1. The lowest BCUT2D eigenvalue weighted by atomic mass is 9.89. The van der Waals surface area contributed by atoms with Crippen molar-refractivity contribution in [1.82, 2.24) is 20.2 Å². The second-order valence-electron chi connectivity index (χ2n) is 9.72. The number of β-lactam (4-membered cyclic amide) rings is 1. The van der Waals surface area contributed by atoms with Gasteiger partial charge in [0.15, 0.2) is 10.8 Å². The number of pyridine rings is 1. The molecule has 15 heteroatoms. The topological polar surface area (TPSA) is 186 Å². The number of hydrogen-bond acceptors (Lipinski definition) is 13. The lowest BCUT2D eigenvalue weighted by molar-refractivity contribution is -0.171. The number of ether oxygens (including phenoxy) is 2. The molecule has 2 aliphatic heterocycles. The molecule has 3 aliphatic rings. The number of nitrogens with zero attached hydrogens (tertiary/aromatic N) is 4. The average Bonchev–Trinajstić information content (AvgIpc) is 3.44. The monoisotopic (exact) mass is 612 g/mol. The highest BCUT2D eigenvalue weighted by atomic mass is 32.2. The Bertz CT molecular complexity index is 1450. The molecule has 0 aromatic carbocycles. The van der Waals surface area contributed by atoms with Gasteiger partial charge in [0.25, 0.3) is 11.8 Å². The van der Waals surface area contributed by atoms with E-state index in [-0.39, 0.29) is 22.4 Å². The smallest absolute Gasteiger partial charge is 0.358 e. The van der Waals surface area contributed by atoms with Crippen molar-refractivity contribution in [2.24, 2.45) is 11.1 Å². The molecular weight excluding hydrogens is 584 g/mol. The van der Waals surface area contributed by atoms with Crippen molar-refractivity contribution in [3.05, 3.63) is 58.5 Å². The van der Waals surface area contributed by atoms with Gasteiger partial charge >= 0.3 is 11.9 Å².